The van der Waals surface area contributed by atoms with Crippen LogP contribution >= 0.6 is 0 Å². The predicted octanol–water partition coefficient (Wildman–Crippen LogP) is 0.973. The van der Waals surface area contributed by atoms with Gasteiger partial charge in [0.1, 0.15) is 4.90 Å². The Balaban J connectivity index is 2.40. The molecule has 0 fully saturated rings. The summed E-state index contributed by atoms with van der Waals surface area (Å²) in [5.74, 6) is 0. The van der Waals surface area contributed by atoms with E-state index in [2.05, 4.69) is 10.2 Å². The van der Waals surface area contributed by atoms with Crippen LogP contribution in [0.25, 0.3) is 0 Å². The summed E-state index contributed by atoms with van der Waals surface area (Å²) in [5.41, 5.74) is -1.93. The zero-order valence-electron chi connectivity index (χ0n) is 10.4. The lowest BCUT2D eigenvalue weighted by Gasteiger charge is -2.08. The summed E-state index contributed by atoms with van der Waals surface area (Å²) in [5, 5.41) is 6.86. The van der Waals surface area contributed by atoms with Crippen LogP contribution in [0.5, 0.6) is 0 Å². The van der Waals surface area contributed by atoms with E-state index in [1.54, 1.807) is 0 Å². The topological polar surface area (TPSA) is 81.8 Å². The normalized spacial score (nSPS) is 12.7. The van der Waals surface area contributed by atoms with Gasteiger partial charge < -0.3 is 0 Å². The highest BCUT2D eigenvalue weighted by molar-refractivity contribution is 7.92. The van der Waals surface area contributed by atoms with Gasteiger partial charge in [-0.2, -0.15) is 23.4 Å². The molecule has 110 valence electrons. The Bertz CT molecular complexity index is 731. The number of hydrogen-bond donors (Lipinski definition) is 1. The van der Waals surface area contributed by atoms with Gasteiger partial charge >= 0.3 is 6.18 Å². The van der Waals surface area contributed by atoms with Crippen molar-refractivity contribution in [3.8, 4) is 0 Å². The van der Waals surface area contributed by atoms with Crippen molar-refractivity contribution in [1.29, 1.82) is 0 Å². The third kappa shape index (κ3) is 2.76. The molecule has 0 spiro atoms. The molecule has 2 rings (SSSR count). The minimum atomic E-state index is -4.76. The van der Waals surface area contributed by atoms with Crippen LogP contribution in [0.2, 0.25) is 0 Å². The van der Waals surface area contributed by atoms with Crippen molar-refractivity contribution in [2.45, 2.75) is 11.1 Å². The molecule has 7 nitrogen and oxygen atoms in total. The van der Waals surface area contributed by atoms with Crippen molar-refractivity contribution in [2.75, 3.05) is 4.72 Å². The van der Waals surface area contributed by atoms with E-state index >= 15 is 0 Å². The van der Waals surface area contributed by atoms with E-state index in [1.807, 2.05) is 4.72 Å². The molecule has 1 N–H and O–H groups in total. The number of nitrogens with zero attached hydrogens (tertiary/aromatic N) is 4. The summed E-state index contributed by atoms with van der Waals surface area (Å²) in [7, 11) is -1.40. The summed E-state index contributed by atoms with van der Waals surface area (Å²) in [4.78, 5) is -0.239. The van der Waals surface area contributed by atoms with Crippen LogP contribution in [0.3, 0.4) is 0 Å². The SMILES string of the molecule is Cn1cc(S(=O)(=O)Nc2cn(C)nc2C(F)(F)F)cn1. The number of alkyl halides is 3. The molecular formula is C9H10F3N5O2S. The molecule has 2 aromatic heterocycles. The number of aryl methyl sites for hydroxylation is 2. The number of rotatable bonds is 3. The lowest BCUT2D eigenvalue weighted by molar-refractivity contribution is -0.140. The first-order valence-corrected chi connectivity index (χ1v) is 6.70. The van der Waals surface area contributed by atoms with Crippen molar-refractivity contribution < 1.29 is 21.6 Å². The molecule has 2 aromatic rings. The lowest BCUT2D eigenvalue weighted by Crippen LogP contribution is -2.16. The van der Waals surface area contributed by atoms with Gasteiger partial charge in [-0.25, -0.2) is 8.42 Å². The van der Waals surface area contributed by atoms with Gasteiger partial charge in [-0.1, -0.05) is 0 Å². The molecule has 0 aliphatic carbocycles. The number of halogens is 3. The van der Waals surface area contributed by atoms with E-state index in [-0.39, 0.29) is 4.90 Å². The third-order valence-corrected chi connectivity index (χ3v) is 3.65. The minimum Gasteiger partial charge on any atom is -0.276 e. The van der Waals surface area contributed by atoms with Crippen LogP contribution in [0.15, 0.2) is 23.5 Å². The van der Waals surface area contributed by atoms with Crippen molar-refractivity contribution in [3.63, 3.8) is 0 Å². The molecule has 0 unspecified atom stereocenters. The monoisotopic (exact) mass is 309 g/mol. The second-order valence-corrected chi connectivity index (χ2v) is 5.70. The average Bonchev–Trinajstić information content (AvgIpc) is 2.84. The Hall–Kier alpha value is -2.04. The van der Waals surface area contributed by atoms with E-state index < -0.39 is 27.6 Å². The predicted molar refractivity (Wildman–Crippen MR) is 62.2 cm³/mol. The van der Waals surface area contributed by atoms with E-state index in [4.69, 9.17) is 0 Å². The molecule has 20 heavy (non-hydrogen) atoms. The summed E-state index contributed by atoms with van der Waals surface area (Å²) in [6, 6.07) is 0. The van der Waals surface area contributed by atoms with Gasteiger partial charge in [-0.15, -0.1) is 0 Å². The highest BCUT2D eigenvalue weighted by atomic mass is 32.2. The summed E-state index contributed by atoms with van der Waals surface area (Å²) in [6.07, 6.45) is -1.61. The van der Waals surface area contributed by atoms with Crippen molar-refractivity contribution in [1.82, 2.24) is 19.6 Å². The molecular weight excluding hydrogens is 299 g/mol. The fraction of sp³-hybridized carbons (Fsp3) is 0.333. The van der Waals surface area contributed by atoms with Gasteiger partial charge in [0.25, 0.3) is 10.0 Å². The summed E-state index contributed by atoms with van der Waals surface area (Å²) in [6.45, 7) is 0. The third-order valence-electron chi connectivity index (χ3n) is 2.33. The van der Waals surface area contributed by atoms with E-state index in [9.17, 15) is 21.6 Å². The largest absolute Gasteiger partial charge is 0.437 e. The molecule has 0 amide bonds. The number of nitrogens with one attached hydrogen (secondary N) is 1. The highest BCUT2D eigenvalue weighted by Gasteiger charge is 2.38. The minimum absolute atomic E-state index is 0.239. The number of hydrogen-bond acceptors (Lipinski definition) is 4. The molecule has 0 saturated heterocycles. The Kier molecular flexibility index (Phi) is 3.24. The van der Waals surface area contributed by atoms with Crippen LogP contribution in [-0.2, 0) is 30.3 Å². The van der Waals surface area contributed by atoms with Crippen LogP contribution in [0.1, 0.15) is 5.69 Å². The lowest BCUT2D eigenvalue weighted by atomic mass is 10.4. The number of aromatic nitrogens is 4. The molecule has 0 radical (unpaired) electrons. The van der Waals surface area contributed by atoms with Crippen molar-refractivity contribution in [2.24, 2.45) is 14.1 Å². The van der Waals surface area contributed by atoms with Gasteiger partial charge in [-0.05, 0) is 0 Å². The maximum absolute atomic E-state index is 12.7. The number of sulfonamides is 1. The molecule has 0 bridgehead atoms. The second kappa shape index (κ2) is 4.51. The first kappa shape index (κ1) is 14.4. The van der Waals surface area contributed by atoms with Gasteiger partial charge in [0.2, 0.25) is 0 Å². The molecule has 0 saturated carbocycles. The van der Waals surface area contributed by atoms with Crippen molar-refractivity contribution in [3.05, 3.63) is 24.3 Å². The second-order valence-electron chi connectivity index (χ2n) is 4.02. The van der Waals surface area contributed by atoms with Gasteiger partial charge in [0.05, 0.1) is 11.9 Å². The zero-order valence-corrected chi connectivity index (χ0v) is 11.2. The highest BCUT2D eigenvalue weighted by Crippen LogP contribution is 2.34. The first-order chi connectivity index (χ1) is 9.09. The fourth-order valence-corrected chi connectivity index (χ4v) is 2.55. The summed E-state index contributed by atoms with van der Waals surface area (Å²) < 4.78 is 66.0. The Labute approximate surface area is 112 Å². The standard InChI is InChI=1S/C9H10F3N5O2S/c1-16-4-6(3-13-16)20(18,19)15-7-5-17(2)14-8(7)9(10,11)12/h3-5,15H,1-2H3. The molecule has 0 aliphatic heterocycles. The Morgan fingerprint density at radius 3 is 2.35 bits per heavy atom. The maximum Gasteiger partial charge on any atom is 0.437 e. The Morgan fingerprint density at radius 1 is 1.20 bits per heavy atom. The van der Waals surface area contributed by atoms with Crippen LogP contribution in [0.4, 0.5) is 18.9 Å². The smallest absolute Gasteiger partial charge is 0.276 e. The molecule has 0 atom stereocenters. The van der Waals surface area contributed by atoms with Crippen LogP contribution < -0.4 is 4.72 Å². The van der Waals surface area contributed by atoms with E-state index in [1.165, 1.54) is 25.0 Å². The van der Waals surface area contributed by atoms with E-state index in [0.717, 1.165) is 17.1 Å². The molecule has 11 heteroatoms. The maximum atomic E-state index is 12.7. The van der Waals surface area contributed by atoms with Crippen molar-refractivity contribution >= 4 is 15.7 Å². The van der Waals surface area contributed by atoms with E-state index in [0.29, 0.717) is 0 Å². The fourth-order valence-electron chi connectivity index (χ4n) is 1.51. The van der Waals surface area contributed by atoms with Crippen LogP contribution in [0, 0.1) is 0 Å². The van der Waals surface area contributed by atoms with Gasteiger partial charge in [0, 0.05) is 26.5 Å². The average molecular weight is 309 g/mol. The molecule has 0 aromatic carbocycles. The summed E-state index contributed by atoms with van der Waals surface area (Å²) >= 11 is 0. The van der Waals surface area contributed by atoms with Gasteiger partial charge in [-0.3, -0.25) is 14.1 Å². The molecule has 2 heterocycles. The Morgan fingerprint density at radius 2 is 1.85 bits per heavy atom. The van der Waals surface area contributed by atoms with Gasteiger partial charge in [0.15, 0.2) is 5.69 Å². The van der Waals surface area contributed by atoms with Crippen LogP contribution in [-0.4, -0.2) is 28.0 Å². The number of anilines is 1. The molecule has 0 aliphatic rings. The first-order valence-electron chi connectivity index (χ1n) is 5.22. The zero-order chi connectivity index (χ0) is 15.1. The quantitative estimate of drug-likeness (QED) is 0.916.